The Hall–Kier alpha value is -1.17. The molecule has 2 rings (SSSR count). The Bertz CT molecular complexity index is 503. The van der Waals surface area contributed by atoms with Crippen LogP contribution in [0.15, 0.2) is 24.3 Å². The topological polar surface area (TPSA) is 55.8 Å². The number of aryl methyl sites for hydroxylation is 1. The molecule has 24 heavy (non-hydrogen) atoms. The molecule has 0 aliphatic heterocycles. The van der Waals surface area contributed by atoms with Crippen molar-refractivity contribution in [3.05, 3.63) is 35.4 Å². The number of carboxylic acid groups (broad SMARTS) is 1. The van der Waals surface area contributed by atoms with Crippen LogP contribution in [0.1, 0.15) is 61.9 Å². The SMILES string of the molecule is CCO[Si](CCc1ccc(C(=O)O)cc1)(OCC)C1CCCCC1. The second-order valence-electron chi connectivity index (χ2n) is 6.51. The highest BCUT2D eigenvalue weighted by Gasteiger charge is 2.45. The highest BCUT2D eigenvalue weighted by Crippen LogP contribution is 2.41. The summed E-state index contributed by atoms with van der Waals surface area (Å²) in [5.74, 6) is -0.879. The maximum Gasteiger partial charge on any atom is 0.341 e. The first-order valence-electron chi connectivity index (χ1n) is 9.21. The van der Waals surface area contributed by atoms with Crippen LogP contribution < -0.4 is 0 Å². The van der Waals surface area contributed by atoms with E-state index in [4.69, 9.17) is 14.0 Å². The van der Waals surface area contributed by atoms with Gasteiger partial charge in [-0.3, -0.25) is 0 Å². The van der Waals surface area contributed by atoms with E-state index in [-0.39, 0.29) is 0 Å². The van der Waals surface area contributed by atoms with E-state index in [1.807, 2.05) is 12.1 Å². The number of hydrogen-bond donors (Lipinski definition) is 1. The monoisotopic (exact) mass is 350 g/mol. The van der Waals surface area contributed by atoms with Gasteiger partial charge in [0.05, 0.1) is 5.56 Å². The number of hydrogen-bond acceptors (Lipinski definition) is 3. The molecule has 1 aromatic carbocycles. The summed E-state index contributed by atoms with van der Waals surface area (Å²) in [5.41, 5.74) is 2.08. The lowest BCUT2D eigenvalue weighted by Gasteiger charge is -2.39. The number of aromatic carboxylic acids is 1. The quantitative estimate of drug-likeness (QED) is 0.651. The predicted molar refractivity (Wildman–Crippen MR) is 97.8 cm³/mol. The van der Waals surface area contributed by atoms with Gasteiger partial charge in [0.1, 0.15) is 0 Å². The normalized spacial score (nSPS) is 16.2. The molecule has 1 N–H and O–H groups in total. The largest absolute Gasteiger partial charge is 0.478 e. The minimum absolute atomic E-state index is 0.337. The smallest absolute Gasteiger partial charge is 0.341 e. The Kier molecular flexibility index (Phi) is 7.46. The van der Waals surface area contributed by atoms with Gasteiger partial charge < -0.3 is 14.0 Å². The Morgan fingerprint density at radius 3 is 2.17 bits per heavy atom. The molecule has 1 saturated carbocycles. The van der Waals surface area contributed by atoms with Gasteiger partial charge in [0, 0.05) is 18.8 Å². The molecule has 0 unspecified atom stereocenters. The molecular weight excluding hydrogens is 320 g/mol. The van der Waals surface area contributed by atoms with Crippen LogP contribution in [-0.2, 0) is 15.3 Å². The Morgan fingerprint density at radius 1 is 1.08 bits per heavy atom. The molecule has 0 atom stereocenters. The van der Waals surface area contributed by atoms with E-state index in [2.05, 4.69) is 13.8 Å². The predicted octanol–water partition coefficient (Wildman–Crippen LogP) is 4.78. The molecule has 4 nitrogen and oxygen atoms in total. The molecule has 1 aromatic rings. The molecule has 0 aromatic heterocycles. The maximum absolute atomic E-state index is 11.0. The van der Waals surface area contributed by atoms with Crippen molar-refractivity contribution in [2.75, 3.05) is 13.2 Å². The summed E-state index contributed by atoms with van der Waals surface area (Å²) in [4.78, 5) is 11.0. The molecule has 134 valence electrons. The fourth-order valence-electron chi connectivity index (χ4n) is 3.79. The van der Waals surface area contributed by atoms with Crippen LogP contribution >= 0.6 is 0 Å². The second-order valence-corrected chi connectivity index (χ2v) is 10.0. The Morgan fingerprint density at radius 2 is 1.67 bits per heavy atom. The van der Waals surface area contributed by atoms with Gasteiger partial charge in [-0.2, -0.15) is 0 Å². The first kappa shape index (κ1) is 19.2. The van der Waals surface area contributed by atoms with E-state index in [0.717, 1.165) is 18.0 Å². The van der Waals surface area contributed by atoms with Crippen LogP contribution in [0, 0.1) is 0 Å². The van der Waals surface area contributed by atoms with Crippen molar-refractivity contribution in [2.45, 2.75) is 64.0 Å². The first-order valence-corrected chi connectivity index (χ1v) is 11.3. The molecule has 0 amide bonds. The van der Waals surface area contributed by atoms with Crippen molar-refractivity contribution in [3.8, 4) is 0 Å². The van der Waals surface area contributed by atoms with E-state index in [1.54, 1.807) is 12.1 Å². The van der Waals surface area contributed by atoms with Gasteiger partial charge in [-0.05, 0) is 56.9 Å². The Balaban J connectivity index is 2.09. The summed E-state index contributed by atoms with van der Waals surface area (Å²) in [7, 11) is -2.23. The number of rotatable bonds is 9. The van der Waals surface area contributed by atoms with Crippen LogP contribution in [0.4, 0.5) is 0 Å². The lowest BCUT2D eigenvalue weighted by molar-refractivity contribution is 0.0697. The van der Waals surface area contributed by atoms with E-state index in [9.17, 15) is 4.79 Å². The van der Waals surface area contributed by atoms with Crippen molar-refractivity contribution in [3.63, 3.8) is 0 Å². The van der Waals surface area contributed by atoms with E-state index >= 15 is 0 Å². The minimum atomic E-state index is -2.23. The van der Waals surface area contributed by atoms with Crippen LogP contribution in [0.5, 0.6) is 0 Å². The van der Waals surface area contributed by atoms with Crippen molar-refractivity contribution in [1.29, 1.82) is 0 Å². The van der Waals surface area contributed by atoms with Crippen molar-refractivity contribution < 1.29 is 18.8 Å². The van der Waals surface area contributed by atoms with Crippen LogP contribution in [0.2, 0.25) is 11.6 Å². The van der Waals surface area contributed by atoms with Gasteiger partial charge in [0.15, 0.2) is 0 Å². The molecule has 1 aliphatic carbocycles. The lowest BCUT2D eigenvalue weighted by atomic mass is 10.0. The molecular formula is C19H30O4Si. The molecule has 0 bridgehead atoms. The molecule has 1 aliphatic rings. The van der Waals surface area contributed by atoms with Gasteiger partial charge in [-0.1, -0.05) is 31.4 Å². The highest BCUT2D eigenvalue weighted by molar-refractivity contribution is 6.69. The maximum atomic E-state index is 11.0. The zero-order valence-corrected chi connectivity index (χ0v) is 15.9. The lowest BCUT2D eigenvalue weighted by Crippen LogP contribution is -2.48. The molecule has 0 radical (unpaired) electrons. The van der Waals surface area contributed by atoms with Crippen molar-refractivity contribution in [2.24, 2.45) is 0 Å². The minimum Gasteiger partial charge on any atom is -0.478 e. The molecule has 1 fully saturated rings. The second kappa shape index (κ2) is 9.35. The summed E-state index contributed by atoms with van der Waals surface area (Å²) in [6.07, 6.45) is 7.24. The summed E-state index contributed by atoms with van der Waals surface area (Å²) < 4.78 is 12.6. The van der Waals surface area contributed by atoms with E-state index < -0.39 is 14.5 Å². The molecule has 0 heterocycles. The number of benzene rings is 1. The summed E-state index contributed by atoms with van der Waals surface area (Å²) >= 11 is 0. The van der Waals surface area contributed by atoms with Crippen molar-refractivity contribution >= 4 is 14.5 Å². The fourth-order valence-corrected chi connectivity index (χ4v) is 7.94. The van der Waals surface area contributed by atoms with Gasteiger partial charge in [-0.15, -0.1) is 0 Å². The average Bonchev–Trinajstić information content (AvgIpc) is 2.61. The van der Waals surface area contributed by atoms with E-state index in [0.29, 0.717) is 24.3 Å². The fraction of sp³-hybridized carbons (Fsp3) is 0.632. The Labute approximate surface area is 146 Å². The number of carboxylic acids is 1. The van der Waals surface area contributed by atoms with Crippen molar-refractivity contribution in [1.82, 2.24) is 0 Å². The molecule has 0 spiro atoms. The van der Waals surface area contributed by atoms with Gasteiger partial charge in [0.2, 0.25) is 0 Å². The summed E-state index contributed by atoms with van der Waals surface area (Å²) in [6, 6.07) is 8.15. The first-order chi connectivity index (χ1) is 11.6. The summed E-state index contributed by atoms with van der Waals surface area (Å²) in [5, 5.41) is 9.01. The third kappa shape index (κ3) is 4.91. The zero-order chi connectivity index (χ0) is 17.4. The molecule has 0 saturated heterocycles. The van der Waals surface area contributed by atoms with E-state index in [1.165, 1.54) is 32.1 Å². The zero-order valence-electron chi connectivity index (χ0n) is 14.9. The standard InChI is InChI=1S/C19H30O4Si/c1-3-22-24(23-4-2,18-8-6-5-7-9-18)15-14-16-10-12-17(13-11-16)19(20)21/h10-13,18H,3-9,14-15H2,1-2H3,(H,20,21). The van der Waals surface area contributed by atoms with Gasteiger partial charge >= 0.3 is 14.5 Å². The highest BCUT2D eigenvalue weighted by atomic mass is 28.4. The van der Waals surface area contributed by atoms with Gasteiger partial charge in [-0.25, -0.2) is 4.79 Å². The average molecular weight is 351 g/mol. The van der Waals surface area contributed by atoms with Crippen LogP contribution in [0.25, 0.3) is 0 Å². The van der Waals surface area contributed by atoms with Crippen LogP contribution in [-0.4, -0.2) is 32.9 Å². The summed E-state index contributed by atoms with van der Waals surface area (Å²) in [6.45, 7) is 5.54. The van der Waals surface area contributed by atoms with Gasteiger partial charge in [0.25, 0.3) is 0 Å². The number of carbonyl (C=O) groups is 1. The molecule has 5 heteroatoms. The van der Waals surface area contributed by atoms with Crippen LogP contribution in [0.3, 0.4) is 0 Å². The third-order valence-corrected chi connectivity index (χ3v) is 9.29. The third-order valence-electron chi connectivity index (χ3n) is 4.97.